The highest BCUT2D eigenvalue weighted by Gasteiger charge is 2.76. The maximum atomic E-state index is 12.8. The van der Waals surface area contributed by atoms with Crippen LogP contribution in [0.2, 0.25) is 0 Å². The number of carbonyl (C=O) groups excluding carboxylic acids is 1. The molecule has 2 N–H and O–H groups in total. The van der Waals surface area contributed by atoms with Gasteiger partial charge in [0.15, 0.2) is 5.78 Å². The molecule has 128 valence electrons. The van der Waals surface area contributed by atoms with Gasteiger partial charge in [-0.2, -0.15) is 0 Å². The number of rotatable bonds is 2. The largest absolute Gasteiger partial charge is 0.396 e. The van der Waals surface area contributed by atoms with Gasteiger partial charge in [-0.3, -0.25) is 4.79 Å². The van der Waals surface area contributed by atoms with Gasteiger partial charge in [-0.1, -0.05) is 26.8 Å². The first-order chi connectivity index (χ1) is 10.8. The molecule has 0 bridgehead atoms. The van der Waals surface area contributed by atoms with E-state index in [9.17, 15) is 15.0 Å². The Morgan fingerprint density at radius 3 is 2.57 bits per heavy atom. The van der Waals surface area contributed by atoms with Crippen LogP contribution in [0.3, 0.4) is 0 Å². The number of allylic oxidation sites excluding steroid dienone is 2. The first kappa shape index (κ1) is 15.8. The lowest BCUT2D eigenvalue weighted by molar-refractivity contribution is -0.134. The van der Waals surface area contributed by atoms with Crippen molar-refractivity contribution in [2.24, 2.45) is 39.4 Å². The van der Waals surface area contributed by atoms with Crippen LogP contribution in [0.15, 0.2) is 12.2 Å². The van der Waals surface area contributed by atoms with E-state index >= 15 is 0 Å². The van der Waals surface area contributed by atoms with Crippen molar-refractivity contribution in [1.82, 2.24) is 0 Å². The molecule has 0 aromatic carbocycles. The van der Waals surface area contributed by atoms with E-state index in [-0.39, 0.29) is 40.7 Å². The molecule has 0 aromatic heterocycles. The van der Waals surface area contributed by atoms with Crippen molar-refractivity contribution >= 4 is 5.78 Å². The molecule has 7 unspecified atom stereocenters. The molecule has 0 heterocycles. The molecule has 0 amide bonds. The molecule has 0 aliphatic heterocycles. The predicted octanol–water partition coefficient (Wildman–Crippen LogP) is 2.96. The molecule has 3 saturated carbocycles. The topological polar surface area (TPSA) is 57.5 Å². The zero-order valence-electron chi connectivity index (χ0n) is 14.6. The van der Waals surface area contributed by atoms with Gasteiger partial charge in [0, 0.05) is 18.6 Å². The van der Waals surface area contributed by atoms with E-state index in [4.69, 9.17) is 0 Å². The van der Waals surface area contributed by atoms with E-state index < -0.39 is 0 Å². The zero-order valence-corrected chi connectivity index (χ0v) is 14.6. The Morgan fingerprint density at radius 2 is 1.91 bits per heavy atom. The normalized spacial score (nSPS) is 57.4. The molecule has 3 heteroatoms. The average molecular weight is 318 g/mol. The maximum absolute atomic E-state index is 12.8. The standard InChI is InChI=1S/C20H30O3/c1-13-4-5-15(23)18(3)7-6-14-16-17(2,11-21)8-9-19(16,12-22)10-20(13,14)18/h4-5,13-14,16,21-22H,6-12H2,1-3H3. The van der Waals surface area contributed by atoms with Crippen LogP contribution in [0.4, 0.5) is 0 Å². The maximum Gasteiger partial charge on any atom is 0.161 e. The highest BCUT2D eigenvalue weighted by Crippen LogP contribution is 2.79. The number of carbonyl (C=O) groups is 1. The van der Waals surface area contributed by atoms with Crippen LogP contribution < -0.4 is 0 Å². The molecular formula is C20H30O3. The van der Waals surface area contributed by atoms with Crippen molar-refractivity contribution in [3.63, 3.8) is 0 Å². The minimum Gasteiger partial charge on any atom is -0.396 e. The predicted molar refractivity (Wildman–Crippen MR) is 88.6 cm³/mol. The Kier molecular flexibility index (Phi) is 3.09. The summed E-state index contributed by atoms with van der Waals surface area (Å²) in [6.45, 7) is 7.04. The van der Waals surface area contributed by atoms with Crippen molar-refractivity contribution in [2.45, 2.75) is 52.9 Å². The molecule has 0 aromatic rings. The van der Waals surface area contributed by atoms with Gasteiger partial charge in [-0.05, 0) is 72.2 Å². The van der Waals surface area contributed by atoms with E-state index in [0.717, 1.165) is 32.1 Å². The van der Waals surface area contributed by atoms with Gasteiger partial charge in [-0.15, -0.1) is 0 Å². The zero-order chi connectivity index (χ0) is 16.7. The number of fused-ring (bicyclic) bond motifs is 2. The van der Waals surface area contributed by atoms with E-state index in [0.29, 0.717) is 17.8 Å². The summed E-state index contributed by atoms with van der Waals surface area (Å²) in [5.74, 6) is 1.45. The summed E-state index contributed by atoms with van der Waals surface area (Å²) in [5.41, 5.74) is -0.507. The Bertz CT molecular complexity index is 583. The first-order valence-electron chi connectivity index (χ1n) is 9.24. The van der Waals surface area contributed by atoms with Gasteiger partial charge >= 0.3 is 0 Å². The molecule has 23 heavy (non-hydrogen) atoms. The van der Waals surface area contributed by atoms with Gasteiger partial charge < -0.3 is 10.2 Å². The first-order valence-corrected chi connectivity index (χ1v) is 9.24. The fourth-order valence-electron chi connectivity index (χ4n) is 7.76. The summed E-state index contributed by atoms with van der Waals surface area (Å²) in [5, 5.41) is 20.5. The molecule has 3 fully saturated rings. The lowest BCUT2D eigenvalue weighted by Gasteiger charge is -2.50. The van der Waals surface area contributed by atoms with Crippen LogP contribution in [-0.2, 0) is 4.79 Å². The van der Waals surface area contributed by atoms with Crippen LogP contribution in [0.1, 0.15) is 52.9 Å². The lowest BCUT2D eigenvalue weighted by Crippen LogP contribution is -2.50. The van der Waals surface area contributed by atoms with Crippen molar-refractivity contribution in [3.8, 4) is 0 Å². The molecule has 0 saturated heterocycles. The summed E-state index contributed by atoms with van der Waals surface area (Å²) in [6, 6.07) is 0. The Hall–Kier alpha value is -0.670. The third-order valence-corrected chi connectivity index (χ3v) is 8.86. The quantitative estimate of drug-likeness (QED) is 0.823. The fourth-order valence-corrected chi connectivity index (χ4v) is 7.76. The Labute approximate surface area is 139 Å². The summed E-state index contributed by atoms with van der Waals surface area (Å²) in [6.07, 6.45) is 8.89. The fraction of sp³-hybridized carbons (Fsp3) is 0.850. The average Bonchev–Trinajstić information content (AvgIpc) is 3.11. The molecule has 4 aliphatic rings. The second-order valence-corrected chi connectivity index (χ2v) is 9.52. The van der Waals surface area contributed by atoms with Gasteiger partial charge in [-0.25, -0.2) is 0 Å². The minimum absolute atomic E-state index is 0.0247. The number of aliphatic hydroxyl groups excluding tert-OH is 2. The highest BCUT2D eigenvalue weighted by atomic mass is 16.3. The summed E-state index contributed by atoms with van der Waals surface area (Å²) < 4.78 is 0. The lowest BCUT2D eigenvalue weighted by atomic mass is 9.52. The third-order valence-electron chi connectivity index (χ3n) is 8.86. The smallest absolute Gasteiger partial charge is 0.161 e. The molecule has 1 spiro atoms. The van der Waals surface area contributed by atoms with Gasteiger partial charge in [0.05, 0.1) is 0 Å². The van der Waals surface area contributed by atoms with Crippen molar-refractivity contribution in [1.29, 1.82) is 0 Å². The molecular weight excluding hydrogens is 288 g/mol. The number of hydrogen-bond donors (Lipinski definition) is 2. The Morgan fingerprint density at radius 1 is 1.17 bits per heavy atom. The van der Waals surface area contributed by atoms with Crippen LogP contribution in [0.25, 0.3) is 0 Å². The van der Waals surface area contributed by atoms with Gasteiger partial charge in [0.1, 0.15) is 0 Å². The minimum atomic E-state index is -0.283. The third kappa shape index (κ3) is 1.52. The van der Waals surface area contributed by atoms with E-state index in [1.807, 2.05) is 6.08 Å². The number of hydrogen-bond acceptors (Lipinski definition) is 3. The molecule has 0 radical (unpaired) electrons. The SMILES string of the molecule is CC1C=CC(=O)C2(C)CCC3C4C(C)(CO)CCC4(CO)CC132. The monoisotopic (exact) mass is 318 g/mol. The summed E-state index contributed by atoms with van der Waals surface area (Å²) in [4.78, 5) is 12.8. The van der Waals surface area contributed by atoms with Crippen LogP contribution >= 0.6 is 0 Å². The van der Waals surface area contributed by atoms with E-state index in [2.05, 4.69) is 26.8 Å². The highest BCUT2D eigenvalue weighted by molar-refractivity contribution is 5.96. The summed E-state index contributed by atoms with van der Waals surface area (Å²) in [7, 11) is 0. The molecule has 3 nitrogen and oxygen atoms in total. The van der Waals surface area contributed by atoms with Crippen LogP contribution in [-0.4, -0.2) is 29.2 Å². The van der Waals surface area contributed by atoms with Crippen LogP contribution in [0, 0.1) is 39.4 Å². The van der Waals surface area contributed by atoms with Gasteiger partial charge in [0.2, 0.25) is 0 Å². The van der Waals surface area contributed by atoms with Gasteiger partial charge in [0.25, 0.3) is 0 Å². The second kappa shape index (κ2) is 4.49. The van der Waals surface area contributed by atoms with Crippen molar-refractivity contribution < 1.29 is 15.0 Å². The number of aliphatic hydroxyl groups is 2. The van der Waals surface area contributed by atoms with E-state index in [1.165, 1.54) is 0 Å². The number of ketones is 1. The Balaban J connectivity index is 1.90. The molecule has 4 rings (SSSR count). The second-order valence-electron chi connectivity index (χ2n) is 9.52. The molecule has 4 aliphatic carbocycles. The van der Waals surface area contributed by atoms with Crippen molar-refractivity contribution in [3.05, 3.63) is 12.2 Å². The molecule has 7 atom stereocenters. The van der Waals surface area contributed by atoms with Crippen LogP contribution in [0.5, 0.6) is 0 Å². The summed E-state index contributed by atoms with van der Waals surface area (Å²) >= 11 is 0. The van der Waals surface area contributed by atoms with E-state index in [1.54, 1.807) is 0 Å². The van der Waals surface area contributed by atoms with Crippen molar-refractivity contribution in [2.75, 3.05) is 13.2 Å².